The Morgan fingerprint density at radius 2 is 2.06 bits per heavy atom. The van der Waals surface area contributed by atoms with Gasteiger partial charge in [0, 0.05) is 19.4 Å². The van der Waals surface area contributed by atoms with Crippen LogP contribution in [-0.2, 0) is 7.05 Å². The zero-order chi connectivity index (χ0) is 12.9. The predicted octanol–water partition coefficient (Wildman–Crippen LogP) is 1.35. The van der Waals surface area contributed by atoms with Crippen LogP contribution in [0, 0.1) is 13.8 Å². The van der Waals surface area contributed by atoms with E-state index >= 15 is 0 Å². The Morgan fingerprint density at radius 1 is 1.28 bits per heavy atom. The molecule has 0 radical (unpaired) electrons. The van der Waals surface area contributed by atoms with Crippen LogP contribution in [0.15, 0.2) is 18.5 Å². The van der Waals surface area contributed by atoms with Crippen molar-refractivity contribution in [3.63, 3.8) is 0 Å². The molecule has 0 saturated carbocycles. The van der Waals surface area contributed by atoms with E-state index in [-0.39, 0.29) is 0 Å². The van der Waals surface area contributed by atoms with E-state index in [0.717, 1.165) is 28.1 Å². The molecule has 0 fully saturated rings. The first kappa shape index (κ1) is 10.8. The van der Waals surface area contributed by atoms with Gasteiger partial charge in [0.1, 0.15) is 5.52 Å². The van der Waals surface area contributed by atoms with Gasteiger partial charge in [0.2, 0.25) is 5.95 Å². The van der Waals surface area contributed by atoms with Gasteiger partial charge in [-0.3, -0.25) is 9.25 Å². The van der Waals surface area contributed by atoms with Crippen LogP contribution in [0.2, 0.25) is 0 Å². The first-order valence-electron chi connectivity index (χ1n) is 5.67. The second kappa shape index (κ2) is 3.56. The summed E-state index contributed by atoms with van der Waals surface area (Å²) >= 11 is 0. The largest absolute Gasteiger partial charge is 0.369 e. The minimum absolute atomic E-state index is 0.430. The van der Waals surface area contributed by atoms with Crippen LogP contribution < -0.4 is 5.73 Å². The number of pyridine rings is 1. The van der Waals surface area contributed by atoms with Crippen LogP contribution in [0.3, 0.4) is 0 Å². The molecule has 3 rings (SSSR count). The lowest BCUT2D eigenvalue weighted by molar-refractivity contribution is 0.756. The lowest BCUT2D eigenvalue weighted by Gasteiger charge is -2.03. The number of anilines is 1. The van der Waals surface area contributed by atoms with E-state index < -0.39 is 0 Å². The number of hydrogen-bond acceptors (Lipinski definition) is 4. The normalized spacial score (nSPS) is 11.3. The zero-order valence-corrected chi connectivity index (χ0v) is 10.5. The maximum atomic E-state index is 5.99. The fourth-order valence-electron chi connectivity index (χ4n) is 2.13. The van der Waals surface area contributed by atoms with E-state index in [4.69, 9.17) is 5.73 Å². The van der Waals surface area contributed by atoms with Crippen molar-refractivity contribution in [2.45, 2.75) is 13.8 Å². The summed E-state index contributed by atoms with van der Waals surface area (Å²) in [5, 5.41) is 4.32. The fourth-order valence-corrected chi connectivity index (χ4v) is 2.13. The highest BCUT2D eigenvalue weighted by molar-refractivity contribution is 5.77. The number of imidazole rings is 1. The minimum Gasteiger partial charge on any atom is -0.369 e. The van der Waals surface area contributed by atoms with Crippen molar-refractivity contribution in [2.24, 2.45) is 7.05 Å². The Morgan fingerprint density at radius 3 is 2.72 bits per heavy atom. The summed E-state index contributed by atoms with van der Waals surface area (Å²) in [5.74, 6) is 0.430. The summed E-state index contributed by atoms with van der Waals surface area (Å²) in [6.07, 6.45) is 3.72. The third-order valence-corrected chi connectivity index (χ3v) is 2.89. The Labute approximate surface area is 104 Å². The molecule has 0 aromatic carbocycles. The molecular formula is C12H14N6. The van der Waals surface area contributed by atoms with Crippen molar-refractivity contribution >= 4 is 17.1 Å². The van der Waals surface area contributed by atoms with E-state index in [2.05, 4.69) is 15.1 Å². The molecule has 0 unspecified atom stereocenters. The van der Waals surface area contributed by atoms with Crippen LogP contribution in [0.5, 0.6) is 0 Å². The maximum absolute atomic E-state index is 5.99. The third-order valence-electron chi connectivity index (χ3n) is 2.89. The number of rotatable bonds is 1. The zero-order valence-electron chi connectivity index (χ0n) is 10.5. The molecule has 6 heteroatoms. The van der Waals surface area contributed by atoms with E-state index in [0.29, 0.717) is 5.95 Å². The summed E-state index contributed by atoms with van der Waals surface area (Å²) in [5.41, 5.74) is 10.4. The molecule has 3 heterocycles. The molecule has 0 saturated heterocycles. The second-order valence-electron chi connectivity index (χ2n) is 4.43. The topological polar surface area (TPSA) is 74.5 Å². The molecule has 0 aliphatic rings. The van der Waals surface area contributed by atoms with Gasteiger partial charge in [0.05, 0.1) is 11.4 Å². The average molecular weight is 242 g/mol. The predicted molar refractivity (Wildman–Crippen MR) is 69.5 cm³/mol. The van der Waals surface area contributed by atoms with Crippen LogP contribution >= 0.6 is 0 Å². The summed E-state index contributed by atoms with van der Waals surface area (Å²) in [4.78, 5) is 8.75. The maximum Gasteiger partial charge on any atom is 0.207 e. The molecular weight excluding hydrogens is 228 g/mol. The van der Waals surface area contributed by atoms with Gasteiger partial charge in [-0.1, -0.05) is 0 Å². The minimum atomic E-state index is 0.430. The van der Waals surface area contributed by atoms with E-state index in [1.165, 1.54) is 0 Å². The van der Waals surface area contributed by atoms with E-state index in [1.807, 2.05) is 43.9 Å². The van der Waals surface area contributed by atoms with Crippen LogP contribution in [-0.4, -0.2) is 24.3 Å². The molecule has 18 heavy (non-hydrogen) atoms. The summed E-state index contributed by atoms with van der Waals surface area (Å²) < 4.78 is 3.58. The number of fused-ring (bicyclic) bond motifs is 1. The SMILES string of the molecule is Cc1cnc2c(c1)nc(N)n2-c1cn(C)nc1C. The van der Waals surface area contributed by atoms with Crippen molar-refractivity contribution in [2.75, 3.05) is 5.73 Å². The lowest BCUT2D eigenvalue weighted by atomic mass is 10.3. The van der Waals surface area contributed by atoms with Gasteiger partial charge in [0.25, 0.3) is 0 Å². The highest BCUT2D eigenvalue weighted by Crippen LogP contribution is 2.23. The van der Waals surface area contributed by atoms with Gasteiger partial charge in [-0.25, -0.2) is 9.97 Å². The number of aryl methyl sites for hydroxylation is 3. The smallest absolute Gasteiger partial charge is 0.207 e. The Kier molecular flexibility index (Phi) is 2.13. The third kappa shape index (κ3) is 1.46. The highest BCUT2D eigenvalue weighted by atomic mass is 15.3. The molecule has 3 aromatic heterocycles. The quantitative estimate of drug-likeness (QED) is 0.699. The molecule has 0 amide bonds. The van der Waals surface area contributed by atoms with Crippen LogP contribution in [0.4, 0.5) is 5.95 Å². The number of nitrogens with two attached hydrogens (primary N) is 1. The molecule has 0 spiro atoms. The summed E-state index contributed by atoms with van der Waals surface area (Å²) in [7, 11) is 1.88. The number of nitrogens with zero attached hydrogens (tertiary/aromatic N) is 5. The van der Waals surface area contributed by atoms with Gasteiger partial charge in [-0.15, -0.1) is 0 Å². The van der Waals surface area contributed by atoms with Gasteiger partial charge >= 0.3 is 0 Å². The van der Waals surface area contributed by atoms with Gasteiger partial charge < -0.3 is 5.73 Å². The van der Waals surface area contributed by atoms with Crippen molar-refractivity contribution < 1.29 is 0 Å². The molecule has 92 valence electrons. The Hall–Kier alpha value is -2.37. The number of aromatic nitrogens is 5. The second-order valence-corrected chi connectivity index (χ2v) is 4.43. The highest BCUT2D eigenvalue weighted by Gasteiger charge is 2.15. The molecule has 2 N–H and O–H groups in total. The van der Waals surface area contributed by atoms with E-state index in [1.54, 1.807) is 4.68 Å². The molecule has 0 atom stereocenters. The van der Waals surface area contributed by atoms with Gasteiger partial charge in [-0.2, -0.15) is 5.10 Å². The average Bonchev–Trinajstić information content (AvgIpc) is 2.77. The van der Waals surface area contributed by atoms with Crippen molar-refractivity contribution in [1.82, 2.24) is 24.3 Å². The molecule has 0 aliphatic heterocycles. The first-order valence-corrected chi connectivity index (χ1v) is 5.67. The summed E-state index contributed by atoms with van der Waals surface area (Å²) in [6, 6.07) is 1.97. The van der Waals surface area contributed by atoms with Gasteiger partial charge in [0.15, 0.2) is 5.65 Å². The van der Waals surface area contributed by atoms with Crippen molar-refractivity contribution in [3.05, 3.63) is 29.7 Å². The molecule has 0 aliphatic carbocycles. The number of hydrogen-bond donors (Lipinski definition) is 1. The fraction of sp³-hybridized carbons (Fsp3) is 0.250. The van der Waals surface area contributed by atoms with Crippen LogP contribution in [0.25, 0.3) is 16.9 Å². The molecule has 6 nitrogen and oxygen atoms in total. The van der Waals surface area contributed by atoms with E-state index in [9.17, 15) is 0 Å². The standard InChI is InChI=1S/C12H14N6/c1-7-4-9-11(14-5-7)18(12(13)15-9)10-6-17(3)16-8(10)2/h4-6H,1-3H3,(H2,13,15). The lowest BCUT2D eigenvalue weighted by Crippen LogP contribution is -2.01. The monoisotopic (exact) mass is 242 g/mol. The Bertz CT molecular complexity index is 736. The molecule has 0 bridgehead atoms. The first-order chi connectivity index (χ1) is 8.56. The van der Waals surface area contributed by atoms with Crippen molar-refractivity contribution in [1.29, 1.82) is 0 Å². The Balaban J connectivity index is 2.35. The molecule has 3 aromatic rings. The van der Waals surface area contributed by atoms with Crippen molar-refractivity contribution in [3.8, 4) is 5.69 Å². The summed E-state index contributed by atoms with van der Waals surface area (Å²) in [6.45, 7) is 3.92. The number of nitrogen functional groups attached to an aromatic ring is 1. The van der Waals surface area contributed by atoms with Crippen LogP contribution in [0.1, 0.15) is 11.3 Å². The van der Waals surface area contributed by atoms with Gasteiger partial charge in [-0.05, 0) is 25.5 Å².